The normalized spacial score (nSPS) is 14.9. The van der Waals surface area contributed by atoms with Crippen molar-refractivity contribution in [2.75, 3.05) is 39.9 Å². The number of methoxy groups -OCH3 is 1. The highest BCUT2D eigenvalue weighted by atomic mass is 16.5. The highest BCUT2D eigenvalue weighted by molar-refractivity contribution is 5.78. The number of ether oxygens (including phenoxy) is 1. The fourth-order valence-electron chi connectivity index (χ4n) is 1.62. The van der Waals surface area contributed by atoms with Crippen LogP contribution in [0.5, 0.6) is 0 Å². The molecule has 0 rings (SSSR count). The molecule has 0 aliphatic rings. The van der Waals surface area contributed by atoms with Gasteiger partial charge in [0.25, 0.3) is 0 Å². The summed E-state index contributed by atoms with van der Waals surface area (Å²) in [5.41, 5.74) is -0.889. The van der Waals surface area contributed by atoms with Crippen LogP contribution in [0.25, 0.3) is 0 Å². The second kappa shape index (κ2) is 8.44. The summed E-state index contributed by atoms with van der Waals surface area (Å²) in [6, 6.07) is 0. The molecule has 0 aromatic heterocycles. The van der Waals surface area contributed by atoms with Gasteiger partial charge in [-0.15, -0.1) is 0 Å². The SMILES string of the molecule is CCCNC(C)(CN(CC)CCOC)C(=O)O. The molecule has 0 heterocycles. The van der Waals surface area contributed by atoms with E-state index in [1.807, 2.05) is 13.8 Å². The van der Waals surface area contributed by atoms with Crippen molar-refractivity contribution in [1.29, 1.82) is 0 Å². The predicted octanol–water partition coefficient (Wildman–Crippen LogP) is 0.798. The van der Waals surface area contributed by atoms with Gasteiger partial charge in [0.15, 0.2) is 0 Å². The van der Waals surface area contributed by atoms with Crippen molar-refractivity contribution in [3.63, 3.8) is 0 Å². The molecule has 0 radical (unpaired) electrons. The first-order valence-electron chi connectivity index (χ1n) is 6.19. The van der Waals surface area contributed by atoms with Crippen LogP contribution in [0.1, 0.15) is 27.2 Å². The zero-order valence-corrected chi connectivity index (χ0v) is 11.5. The first kappa shape index (κ1) is 16.4. The quantitative estimate of drug-likeness (QED) is 0.597. The number of carboxylic acid groups (broad SMARTS) is 1. The van der Waals surface area contributed by atoms with Crippen LogP contribution >= 0.6 is 0 Å². The molecule has 0 saturated carbocycles. The van der Waals surface area contributed by atoms with Crippen molar-refractivity contribution in [1.82, 2.24) is 10.2 Å². The van der Waals surface area contributed by atoms with Gasteiger partial charge in [0.2, 0.25) is 0 Å². The lowest BCUT2D eigenvalue weighted by molar-refractivity contribution is -0.145. The molecule has 0 fully saturated rings. The molecule has 102 valence electrons. The molecule has 0 aromatic carbocycles. The molecule has 0 spiro atoms. The van der Waals surface area contributed by atoms with Gasteiger partial charge in [0.1, 0.15) is 5.54 Å². The summed E-state index contributed by atoms with van der Waals surface area (Å²) in [5.74, 6) is -0.804. The fourth-order valence-corrected chi connectivity index (χ4v) is 1.62. The van der Waals surface area contributed by atoms with E-state index in [1.54, 1.807) is 14.0 Å². The van der Waals surface area contributed by atoms with Crippen LogP contribution in [-0.4, -0.2) is 61.4 Å². The molecule has 0 aliphatic carbocycles. The van der Waals surface area contributed by atoms with Gasteiger partial charge >= 0.3 is 5.97 Å². The van der Waals surface area contributed by atoms with Crippen LogP contribution in [0.2, 0.25) is 0 Å². The Morgan fingerprint density at radius 2 is 2.12 bits per heavy atom. The summed E-state index contributed by atoms with van der Waals surface area (Å²) in [6.45, 7) is 9.18. The molecule has 1 unspecified atom stereocenters. The zero-order valence-electron chi connectivity index (χ0n) is 11.5. The smallest absolute Gasteiger partial charge is 0.324 e. The predicted molar refractivity (Wildman–Crippen MR) is 68.3 cm³/mol. The maximum atomic E-state index is 11.3. The fraction of sp³-hybridized carbons (Fsp3) is 0.917. The van der Waals surface area contributed by atoms with Gasteiger partial charge in [0, 0.05) is 20.2 Å². The second-order valence-electron chi connectivity index (χ2n) is 4.43. The molecule has 0 amide bonds. The van der Waals surface area contributed by atoms with Crippen molar-refractivity contribution in [3.05, 3.63) is 0 Å². The number of nitrogens with one attached hydrogen (secondary N) is 1. The molecule has 0 saturated heterocycles. The Labute approximate surface area is 104 Å². The van der Waals surface area contributed by atoms with E-state index < -0.39 is 11.5 Å². The topological polar surface area (TPSA) is 61.8 Å². The number of rotatable bonds is 10. The number of hydrogen-bond donors (Lipinski definition) is 2. The van der Waals surface area contributed by atoms with E-state index >= 15 is 0 Å². The van der Waals surface area contributed by atoms with Gasteiger partial charge in [-0.1, -0.05) is 13.8 Å². The van der Waals surface area contributed by atoms with Crippen molar-refractivity contribution < 1.29 is 14.6 Å². The minimum atomic E-state index is -0.889. The summed E-state index contributed by atoms with van der Waals surface area (Å²) in [7, 11) is 1.65. The van der Waals surface area contributed by atoms with E-state index in [9.17, 15) is 9.90 Å². The number of likely N-dealkylation sites (N-methyl/N-ethyl adjacent to an activating group) is 1. The van der Waals surface area contributed by atoms with Gasteiger partial charge in [-0.05, 0) is 26.4 Å². The van der Waals surface area contributed by atoms with Crippen LogP contribution in [-0.2, 0) is 9.53 Å². The summed E-state index contributed by atoms with van der Waals surface area (Å²) >= 11 is 0. The van der Waals surface area contributed by atoms with Crippen molar-refractivity contribution in [2.24, 2.45) is 0 Å². The van der Waals surface area contributed by atoms with Gasteiger partial charge < -0.3 is 15.2 Å². The molecule has 0 aliphatic heterocycles. The Kier molecular flexibility index (Phi) is 8.12. The van der Waals surface area contributed by atoms with Gasteiger partial charge in [-0.2, -0.15) is 0 Å². The number of aliphatic carboxylic acids is 1. The molecule has 2 N–H and O–H groups in total. The van der Waals surface area contributed by atoms with E-state index in [2.05, 4.69) is 10.2 Å². The lowest BCUT2D eigenvalue weighted by Gasteiger charge is -2.32. The average molecular weight is 246 g/mol. The molecule has 1 atom stereocenters. The van der Waals surface area contributed by atoms with E-state index in [0.29, 0.717) is 19.7 Å². The Morgan fingerprint density at radius 3 is 2.53 bits per heavy atom. The average Bonchev–Trinajstić information content (AvgIpc) is 2.31. The Morgan fingerprint density at radius 1 is 1.47 bits per heavy atom. The Hall–Kier alpha value is -0.650. The van der Waals surface area contributed by atoms with E-state index in [4.69, 9.17) is 4.74 Å². The standard InChI is InChI=1S/C12H26N2O3/c1-5-7-13-12(3,11(15)16)10-14(6-2)8-9-17-4/h13H,5-10H2,1-4H3,(H,15,16). The molecular weight excluding hydrogens is 220 g/mol. The Balaban J connectivity index is 4.43. The Bertz CT molecular complexity index is 224. The molecule has 0 aromatic rings. The highest BCUT2D eigenvalue weighted by Crippen LogP contribution is 2.07. The van der Waals surface area contributed by atoms with Gasteiger partial charge in [0.05, 0.1) is 6.61 Å². The number of carbonyl (C=O) groups is 1. The summed E-state index contributed by atoms with van der Waals surface area (Å²) < 4.78 is 5.02. The zero-order chi connectivity index (χ0) is 13.3. The van der Waals surface area contributed by atoms with Crippen LogP contribution < -0.4 is 5.32 Å². The largest absolute Gasteiger partial charge is 0.480 e. The van der Waals surface area contributed by atoms with Gasteiger partial charge in [-0.3, -0.25) is 9.69 Å². The van der Waals surface area contributed by atoms with Crippen LogP contribution in [0.4, 0.5) is 0 Å². The van der Waals surface area contributed by atoms with Crippen LogP contribution in [0, 0.1) is 0 Å². The third kappa shape index (κ3) is 6.00. The van der Waals surface area contributed by atoms with E-state index in [-0.39, 0.29) is 0 Å². The number of nitrogens with zero attached hydrogens (tertiary/aromatic N) is 1. The van der Waals surface area contributed by atoms with E-state index in [0.717, 1.165) is 19.5 Å². The number of hydrogen-bond acceptors (Lipinski definition) is 4. The number of carboxylic acids is 1. The third-order valence-electron chi connectivity index (χ3n) is 2.84. The maximum absolute atomic E-state index is 11.3. The monoisotopic (exact) mass is 246 g/mol. The van der Waals surface area contributed by atoms with E-state index in [1.165, 1.54) is 0 Å². The van der Waals surface area contributed by atoms with Crippen LogP contribution in [0.15, 0.2) is 0 Å². The van der Waals surface area contributed by atoms with Crippen LogP contribution in [0.3, 0.4) is 0 Å². The first-order chi connectivity index (χ1) is 8.00. The molecule has 5 heteroatoms. The minimum absolute atomic E-state index is 0.488. The highest BCUT2D eigenvalue weighted by Gasteiger charge is 2.33. The molecule has 0 bridgehead atoms. The molecule has 5 nitrogen and oxygen atoms in total. The van der Waals surface area contributed by atoms with Crippen molar-refractivity contribution in [3.8, 4) is 0 Å². The van der Waals surface area contributed by atoms with Crippen molar-refractivity contribution >= 4 is 5.97 Å². The van der Waals surface area contributed by atoms with Gasteiger partial charge in [-0.25, -0.2) is 0 Å². The summed E-state index contributed by atoms with van der Waals surface area (Å²) in [6.07, 6.45) is 0.924. The summed E-state index contributed by atoms with van der Waals surface area (Å²) in [5, 5.41) is 12.4. The third-order valence-corrected chi connectivity index (χ3v) is 2.84. The first-order valence-corrected chi connectivity index (χ1v) is 6.19. The minimum Gasteiger partial charge on any atom is -0.480 e. The maximum Gasteiger partial charge on any atom is 0.324 e. The lowest BCUT2D eigenvalue weighted by Crippen LogP contribution is -2.57. The summed E-state index contributed by atoms with van der Waals surface area (Å²) in [4.78, 5) is 13.4. The lowest BCUT2D eigenvalue weighted by atomic mass is 10.0. The van der Waals surface area contributed by atoms with Crippen molar-refractivity contribution in [2.45, 2.75) is 32.7 Å². The second-order valence-corrected chi connectivity index (χ2v) is 4.43. The molecule has 17 heavy (non-hydrogen) atoms. The molecular formula is C12H26N2O3.